The van der Waals surface area contributed by atoms with Gasteiger partial charge in [0.15, 0.2) is 0 Å². The molecule has 0 saturated carbocycles. The number of aromatic nitrogens is 2. The van der Waals surface area contributed by atoms with Crippen molar-refractivity contribution < 1.29 is 4.74 Å². The Bertz CT molecular complexity index is 334. The van der Waals surface area contributed by atoms with Crippen molar-refractivity contribution in [3.8, 4) is 0 Å². The van der Waals surface area contributed by atoms with Gasteiger partial charge in [-0.3, -0.25) is 4.68 Å². The van der Waals surface area contributed by atoms with Crippen LogP contribution in [0.5, 0.6) is 0 Å². The molecule has 0 aliphatic rings. The topological polar surface area (TPSA) is 27.1 Å². The number of methoxy groups -OCH3 is 1. The second kappa shape index (κ2) is 6.26. The zero-order valence-electron chi connectivity index (χ0n) is 10.6. The van der Waals surface area contributed by atoms with Crippen molar-refractivity contribution in [3.63, 3.8) is 0 Å². The van der Waals surface area contributed by atoms with Gasteiger partial charge < -0.3 is 4.74 Å². The van der Waals surface area contributed by atoms with Gasteiger partial charge in [-0.25, -0.2) is 0 Å². The van der Waals surface area contributed by atoms with Gasteiger partial charge in [-0.1, -0.05) is 13.8 Å². The van der Waals surface area contributed by atoms with Crippen LogP contribution in [0.15, 0.2) is 0 Å². The van der Waals surface area contributed by atoms with Crippen molar-refractivity contribution in [1.29, 1.82) is 0 Å². The van der Waals surface area contributed by atoms with Crippen molar-refractivity contribution in [1.82, 2.24) is 9.78 Å². The molecule has 0 N–H and O–H groups in total. The first-order valence-electron chi connectivity index (χ1n) is 5.87. The maximum absolute atomic E-state index is 6.23. The highest BCUT2D eigenvalue weighted by Gasteiger charge is 2.18. The third kappa shape index (κ3) is 2.77. The molecule has 0 saturated heterocycles. The minimum atomic E-state index is 0.0289. The average molecular weight is 245 g/mol. The van der Waals surface area contributed by atoms with Gasteiger partial charge in [-0.05, 0) is 19.8 Å². The fourth-order valence-corrected chi connectivity index (χ4v) is 2.27. The lowest BCUT2D eigenvalue weighted by molar-refractivity contribution is 0.182. The predicted molar refractivity (Wildman–Crippen MR) is 67.1 cm³/mol. The molecule has 0 spiro atoms. The highest BCUT2D eigenvalue weighted by atomic mass is 35.5. The van der Waals surface area contributed by atoms with Crippen molar-refractivity contribution >= 4 is 11.6 Å². The molecule has 16 heavy (non-hydrogen) atoms. The third-order valence-corrected chi connectivity index (χ3v) is 2.97. The highest BCUT2D eigenvalue weighted by Crippen LogP contribution is 2.28. The van der Waals surface area contributed by atoms with Gasteiger partial charge in [0.1, 0.15) is 0 Å². The van der Waals surface area contributed by atoms with Crippen LogP contribution in [0.1, 0.15) is 43.1 Å². The largest absolute Gasteiger partial charge is 0.383 e. The Morgan fingerprint density at radius 2 is 2.06 bits per heavy atom. The lowest BCUT2D eigenvalue weighted by Gasteiger charge is -2.08. The first-order valence-corrected chi connectivity index (χ1v) is 6.30. The number of hydrogen-bond acceptors (Lipinski definition) is 2. The van der Waals surface area contributed by atoms with Crippen LogP contribution in [-0.2, 0) is 24.1 Å². The van der Waals surface area contributed by atoms with Crippen LogP contribution in [0.4, 0.5) is 0 Å². The summed E-state index contributed by atoms with van der Waals surface area (Å²) in [5.41, 5.74) is 3.58. The van der Waals surface area contributed by atoms with Crippen molar-refractivity contribution in [2.24, 2.45) is 0 Å². The maximum atomic E-state index is 6.23. The van der Waals surface area contributed by atoms with E-state index in [0.717, 1.165) is 25.1 Å². The molecule has 1 heterocycles. The van der Waals surface area contributed by atoms with Crippen LogP contribution in [-0.4, -0.2) is 23.5 Å². The fourth-order valence-electron chi connectivity index (χ4n) is 2.02. The van der Waals surface area contributed by atoms with Crippen LogP contribution in [0.2, 0.25) is 0 Å². The molecule has 4 heteroatoms. The SMILES string of the molecule is CCc1nn(CCOC)c(CC)c1C(C)Cl. The van der Waals surface area contributed by atoms with E-state index in [2.05, 4.69) is 18.9 Å². The van der Waals surface area contributed by atoms with E-state index in [1.54, 1.807) is 7.11 Å². The summed E-state index contributed by atoms with van der Waals surface area (Å²) in [6.07, 6.45) is 1.89. The fraction of sp³-hybridized carbons (Fsp3) is 0.750. The quantitative estimate of drug-likeness (QED) is 0.720. The molecule has 0 aliphatic carbocycles. The molecule has 0 aliphatic heterocycles. The Kier molecular flexibility index (Phi) is 5.29. The van der Waals surface area contributed by atoms with Crippen molar-refractivity contribution in [2.75, 3.05) is 13.7 Å². The minimum absolute atomic E-state index is 0.0289. The normalized spacial score (nSPS) is 13.1. The molecule has 1 aromatic heterocycles. The molecule has 0 aromatic carbocycles. The standard InChI is InChI=1S/C12H21ClN2O/c1-5-10-12(9(3)13)11(6-2)15(14-10)7-8-16-4/h9H,5-8H2,1-4H3. The molecular formula is C12H21ClN2O. The molecule has 0 radical (unpaired) electrons. The Hall–Kier alpha value is -0.540. The van der Waals surface area contributed by atoms with Crippen LogP contribution >= 0.6 is 11.6 Å². The molecule has 3 nitrogen and oxygen atoms in total. The number of rotatable bonds is 6. The molecule has 1 unspecified atom stereocenters. The van der Waals surface area contributed by atoms with Gasteiger partial charge in [0.25, 0.3) is 0 Å². The molecule has 92 valence electrons. The molecule has 1 aromatic rings. The number of halogens is 1. The van der Waals surface area contributed by atoms with E-state index in [-0.39, 0.29) is 5.38 Å². The molecule has 0 fully saturated rings. The summed E-state index contributed by atoms with van der Waals surface area (Å²) in [5, 5.41) is 4.64. The van der Waals surface area contributed by atoms with Gasteiger partial charge in [0.05, 0.1) is 24.2 Å². The van der Waals surface area contributed by atoms with Crippen LogP contribution in [0.25, 0.3) is 0 Å². The van der Waals surface area contributed by atoms with E-state index in [4.69, 9.17) is 16.3 Å². The predicted octanol–water partition coefficient (Wildman–Crippen LogP) is 2.95. The number of alkyl halides is 1. The number of ether oxygens (including phenoxy) is 1. The Morgan fingerprint density at radius 1 is 1.38 bits per heavy atom. The summed E-state index contributed by atoms with van der Waals surface area (Å²) < 4.78 is 7.13. The van der Waals surface area contributed by atoms with Crippen molar-refractivity contribution in [2.45, 2.75) is 45.5 Å². The molecule has 0 bridgehead atoms. The average Bonchev–Trinajstić information content (AvgIpc) is 2.63. The summed E-state index contributed by atoms with van der Waals surface area (Å²) >= 11 is 6.23. The van der Waals surface area contributed by atoms with Gasteiger partial charge >= 0.3 is 0 Å². The number of aryl methyl sites for hydroxylation is 1. The van der Waals surface area contributed by atoms with E-state index in [9.17, 15) is 0 Å². The summed E-state index contributed by atoms with van der Waals surface area (Å²) in [5.74, 6) is 0. The third-order valence-electron chi connectivity index (χ3n) is 2.75. The van der Waals surface area contributed by atoms with E-state index in [1.807, 2.05) is 11.6 Å². The smallest absolute Gasteiger partial charge is 0.0671 e. The van der Waals surface area contributed by atoms with Gasteiger partial charge in [-0.15, -0.1) is 11.6 Å². The Labute approximate surface area is 103 Å². The molecular weight excluding hydrogens is 224 g/mol. The minimum Gasteiger partial charge on any atom is -0.383 e. The summed E-state index contributed by atoms with van der Waals surface area (Å²) in [6.45, 7) is 7.76. The first kappa shape index (κ1) is 13.5. The second-order valence-electron chi connectivity index (χ2n) is 3.85. The van der Waals surface area contributed by atoms with Gasteiger partial charge in [0.2, 0.25) is 0 Å². The maximum Gasteiger partial charge on any atom is 0.0671 e. The van der Waals surface area contributed by atoms with Crippen LogP contribution in [0, 0.1) is 0 Å². The van der Waals surface area contributed by atoms with E-state index in [1.165, 1.54) is 11.3 Å². The lowest BCUT2D eigenvalue weighted by Crippen LogP contribution is -2.09. The zero-order valence-corrected chi connectivity index (χ0v) is 11.3. The highest BCUT2D eigenvalue weighted by molar-refractivity contribution is 6.20. The van der Waals surface area contributed by atoms with Gasteiger partial charge in [0, 0.05) is 18.4 Å². The monoisotopic (exact) mass is 244 g/mol. The summed E-state index contributed by atoms with van der Waals surface area (Å²) in [4.78, 5) is 0. The zero-order chi connectivity index (χ0) is 12.1. The van der Waals surface area contributed by atoms with Gasteiger partial charge in [-0.2, -0.15) is 5.10 Å². The van der Waals surface area contributed by atoms with Crippen LogP contribution < -0.4 is 0 Å². The summed E-state index contributed by atoms with van der Waals surface area (Å²) in [6, 6.07) is 0. The Balaban J connectivity index is 3.08. The van der Waals surface area contributed by atoms with E-state index < -0.39 is 0 Å². The molecule has 0 amide bonds. The number of nitrogens with zero attached hydrogens (tertiary/aromatic N) is 2. The second-order valence-corrected chi connectivity index (χ2v) is 4.50. The molecule has 1 atom stereocenters. The van der Waals surface area contributed by atoms with E-state index >= 15 is 0 Å². The number of hydrogen-bond donors (Lipinski definition) is 0. The van der Waals surface area contributed by atoms with E-state index in [0.29, 0.717) is 6.61 Å². The molecule has 1 rings (SSSR count). The lowest BCUT2D eigenvalue weighted by atomic mass is 10.1. The summed E-state index contributed by atoms with van der Waals surface area (Å²) in [7, 11) is 1.71. The van der Waals surface area contributed by atoms with Crippen molar-refractivity contribution in [3.05, 3.63) is 17.0 Å². The van der Waals surface area contributed by atoms with Crippen LogP contribution in [0.3, 0.4) is 0 Å². The Morgan fingerprint density at radius 3 is 2.50 bits per heavy atom. The first-order chi connectivity index (χ1) is 7.65.